The molecular weight excluding hydrogens is 366 g/mol. The van der Waals surface area contributed by atoms with Crippen LogP contribution in [0.5, 0.6) is 11.5 Å². The SMILES string of the molecule is COc1ccc(CNCC(C(C)C)N2CCOCC2)cc1OCc1cccnc1. The second-order valence-electron chi connectivity index (χ2n) is 7.73. The predicted octanol–water partition coefficient (Wildman–Crippen LogP) is 3.12. The molecule has 1 atom stereocenters. The summed E-state index contributed by atoms with van der Waals surface area (Å²) >= 11 is 0. The highest BCUT2D eigenvalue weighted by molar-refractivity contribution is 5.43. The molecule has 1 aromatic carbocycles. The smallest absolute Gasteiger partial charge is 0.161 e. The van der Waals surface area contributed by atoms with Crippen LogP contribution in [0.1, 0.15) is 25.0 Å². The quantitative estimate of drug-likeness (QED) is 0.663. The van der Waals surface area contributed by atoms with Crippen molar-refractivity contribution in [1.82, 2.24) is 15.2 Å². The molecule has 0 spiro atoms. The monoisotopic (exact) mass is 399 g/mol. The van der Waals surface area contributed by atoms with Gasteiger partial charge in [0.1, 0.15) is 6.61 Å². The molecule has 3 rings (SSSR count). The first-order chi connectivity index (χ1) is 14.2. The molecule has 29 heavy (non-hydrogen) atoms. The van der Waals surface area contributed by atoms with Gasteiger partial charge in [-0.1, -0.05) is 26.0 Å². The van der Waals surface area contributed by atoms with Crippen LogP contribution in [-0.2, 0) is 17.9 Å². The maximum absolute atomic E-state index is 6.00. The van der Waals surface area contributed by atoms with Gasteiger partial charge < -0.3 is 19.5 Å². The molecule has 1 unspecified atom stereocenters. The summed E-state index contributed by atoms with van der Waals surface area (Å²) in [7, 11) is 1.67. The lowest BCUT2D eigenvalue weighted by molar-refractivity contribution is 0.00648. The van der Waals surface area contributed by atoms with Gasteiger partial charge >= 0.3 is 0 Å². The Balaban J connectivity index is 1.57. The van der Waals surface area contributed by atoms with Gasteiger partial charge in [-0.3, -0.25) is 9.88 Å². The summed E-state index contributed by atoms with van der Waals surface area (Å²) in [5.41, 5.74) is 2.21. The van der Waals surface area contributed by atoms with E-state index in [-0.39, 0.29) is 0 Å². The lowest BCUT2D eigenvalue weighted by atomic mass is 10.0. The first-order valence-electron chi connectivity index (χ1n) is 10.4. The number of morpholine rings is 1. The second kappa shape index (κ2) is 11.1. The maximum Gasteiger partial charge on any atom is 0.161 e. The van der Waals surface area contributed by atoms with Gasteiger partial charge in [0.05, 0.1) is 20.3 Å². The third-order valence-corrected chi connectivity index (χ3v) is 5.31. The van der Waals surface area contributed by atoms with Crippen LogP contribution in [0.2, 0.25) is 0 Å². The number of hydrogen-bond acceptors (Lipinski definition) is 6. The number of methoxy groups -OCH3 is 1. The number of rotatable bonds is 10. The molecule has 0 amide bonds. The Labute approximate surface area is 174 Å². The van der Waals surface area contributed by atoms with Gasteiger partial charge in [-0.05, 0) is 29.7 Å². The fraction of sp³-hybridized carbons (Fsp3) is 0.522. The summed E-state index contributed by atoms with van der Waals surface area (Å²) in [6.45, 7) is 10.5. The topological polar surface area (TPSA) is 55.9 Å². The van der Waals surface area contributed by atoms with E-state index in [9.17, 15) is 0 Å². The molecule has 0 bridgehead atoms. The van der Waals surface area contributed by atoms with Crippen LogP contribution in [-0.4, -0.2) is 55.9 Å². The summed E-state index contributed by atoms with van der Waals surface area (Å²) in [5.74, 6) is 2.09. The van der Waals surface area contributed by atoms with Crippen molar-refractivity contribution in [2.45, 2.75) is 33.0 Å². The van der Waals surface area contributed by atoms with E-state index in [2.05, 4.69) is 41.2 Å². The van der Waals surface area contributed by atoms with Crippen molar-refractivity contribution < 1.29 is 14.2 Å². The van der Waals surface area contributed by atoms with Crippen LogP contribution in [0.3, 0.4) is 0 Å². The molecule has 0 aliphatic carbocycles. The van der Waals surface area contributed by atoms with Gasteiger partial charge in [-0.25, -0.2) is 0 Å². The van der Waals surface area contributed by atoms with Crippen molar-refractivity contribution in [2.24, 2.45) is 5.92 Å². The number of benzene rings is 1. The zero-order valence-electron chi connectivity index (χ0n) is 17.8. The highest BCUT2D eigenvalue weighted by atomic mass is 16.5. The Morgan fingerprint density at radius 3 is 2.66 bits per heavy atom. The van der Waals surface area contributed by atoms with E-state index in [1.165, 1.54) is 5.56 Å². The molecular formula is C23H33N3O3. The largest absolute Gasteiger partial charge is 0.493 e. The van der Waals surface area contributed by atoms with Gasteiger partial charge in [-0.2, -0.15) is 0 Å². The van der Waals surface area contributed by atoms with E-state index in [0.29, 0.717) is 18.6 Å². The van der Waals surface area contributed by atoms with E-state index < -0.39 is 0 Å². The first-order valence-corrected chi connectivity index (χ1v) is 10.4. The van der Waals surface area contributed by atoms with Gasteiger partial charge in [0.2, 0.25) is 0 Å². The molecule has 1 aliphatic rings. The summed E-state index contributed by atoms with van der Waals surface area (Å²) in [5, 5.41) is 3.63. The molecule has 6 heteroatoms. The highest BCUT2D eigenvalue weighted by Gasteiger charge is 2.23. The number of ether oxygens (including phenoxy) is 3. The van der Waals surface area contributed by atoms with Crippen LogP contribution in [0.15, 0.2) is 42.7 Å². The van der Waals surface area contributed by atoms with Crippen LogP contribution in [0.25, 0.3) is 0 Å². The number of pyridine rings is 1. The van der Waals surface area contributed by atoms with Crippen LogP contribution in [0, 0.1) is 5.92 Å². The molecule has 0 radical (unpaired) electrons. The maximum atomic E-state index is 6.00. The molecule has 1 aromatic heterocycles. The van der Waals surface area contributed by atoms with Gasteiger partial charge in [-0.15, -0.1) is 0 Å². The van der Waals surface area contributed by atoms with Gasteiger partial charge in [0, 0.05) is 50.2 Å². The van der Waals surface area contributed by atoms with Crippen LogP contribution < -0.4 is 14.8 Å². The molecule has 158 valence electrons. The van der Waals surface area contributed by atoms with Crippen LogP contribution >= 0.6 is 0 Å². The van der Waals surface area contributed by atoms with E-state index in [0.717, 1.165) is 56.5 Å². The van der Waals surface area contributed by atoms with Crippen molar-refractivity contribution in [1.29, 1.82) is 0 Å². The average Bonchev–Trinajstić information content (AvgIpc) is 2.76. The Kier molecular flexibility index (Phi) is 8.28. The number of nitrogens with one attached hydrogen (secondary N) is 1. The highest BCUT2D eigenvalue weighted by Crippen LogP contribution is 2.29. The minimum Gasteiger partial charge on any atom is -0.493 e. The van der Waals surface area contributed by atoms with Crippen molar-refractivity contribution in [3.63, 3.8) is 0 Å². The summed E-state index contributed by atoms with van der Waals surface area (Å²) < 4.78 is 17.0. The molecule has 1 fully saturated rings. The number of hydrogen-bond donors (Lipinski definition) is 1. The van der Waals surface area contributed by atoms with Crippen molar-refractivity contribution >= 4 is 0 Å². The predicted molar refractivity (Wildman–Crippen MR) is 114 cm³/mol. The molecule has 0 saturated carbocycles. The Hall–Kier alpha value is -2.15. The van der Waals surface area contributed by atoms with E-state index in [1.54, 1.807) is 13.3 Å². The molecule has 1 aliphatic heterocycles. The van der Waals surface area contributed by atoms with Crippen molar-refractivity contribution in [2.75, 3.05) is 40.0 Å². The minimum absolute atomic E-state index is 0.466. The number of nitrogens with zero attached hydrogens (tertiary/aromatic N) is 2. The Morgan fingerprint density at radius 2 is 1.97 bits per heavy atom. The lowest BCUT2D eigenvalue weighted by Crippen LogP contribution is -2.50. The molecule has 1 saturated heterocycles. The molecule has 2 heterocycles. The molecule has 2 aromatic rings. The lowest BCUT2D eigenvalue weighted by Gasteiger charge is -2.37. The normalized spacial score (nSPS) is 16.0. The zero-order chi connectivity index (χ0) is 20.5. The van der Waals surface area contributed by atoms with Crippen molar-refractivity contribution in [3.05, 3.63) is 53.9 Å². The fourth-order valence-corrected chi connectivity index (χ4v) is 3.65. The van der Waals surface area contributed by atoms with Gasteiger partial charge in [0.15, 0.2) is 11.5 Å². The van der Waals surface area contributed by atoms with E-state index in [1.807, 2.05) is 24.4 Å². The average molecular weight is 400 g/mol. The molecule has 1 N–H and O–H groups in total. The van der Waals surface area contributed by atoms with E-state index in [4.69, 9.17) is 14.2 Å². The fourth-order valence-electron chi connectivity index (χ4n) is 3.65. The first kappa shape index (κ1) is 21.6. The second-order valence-corrected chi connectivity index (χ2v) is 7.73. The zero-order valence-corrected chi connectivity index (χ0v) is 17.8. The van der Waals surface area contributed by atoms with Gasteiger partial charge in [0.25, 0.3) is 0 Å². The Bertz CT molecular complexity index is 733. The summed E-state index contributed by atoms with van der Waals surface area (Å²) in [6.07, 6.45) is 3.58. The molecule has 6 nitrogen and oxygen atoms in total. The van der Waals surface area contributed by atoms with E-state index >= 15 is 0 Å². The summed E-state index contributed by atoms with van der Waals surface area (Å²) in [4.78, 5) is 6.67. The standard InChI is InChI=1S/C23H33N3O3/c1-18(2)21(26-9-11-28-12-10-26)16-25-14-19-6-7-22(27-3)23(13-19)29-17-20-5-4-8-24-15-20/h4-8,13,15,18,21,25H,9-12,14,16-17H2,1-3H3. The van der Waals surface area contributed by atoms with Crippen molar-refractivity contribution in [3.8, 4) is 11.5 Å². The number of aromatic nitrogens is 1. The minimum atomic E-state index is 0.466. The summed E-state index contributed by atoms with van der Waals surface area (Å²) in [6, 6.07) is 10.5. The van der Waals surface area contributed by atoms with Crippen LogP contribution in [0.4, 0.5) is 0 Å². The third kappa shape index (κ3) is 6.42. The third-order valence-electron chi connectivity index (χ3n) is 5.31. The Morgan fingerprint density at radius 1 is 1.14 bits per heavy atom.